The van der Waals surface area contributed by atoms with Gasteiger partial charge in [0, 0.05) is 31.4 Å². The maximum Gasteiger partial charge on any atom is 0.333 e. The number of ketones is 1. The van der Waals surface area contributed by atoms with Crippen LogP contribution in [-0.4, -0.2) is 19.7 Å². The number of carbonyl (C=O) groups excluding carboxylic acids is 1. The van der Waals surface area contributed by atoms with E-state index in [1.165, 1.54) is 15.9 Å². The van der Waals surface area contributed by atoms with Crippen LogP contribution in [0.15, 0.2) is 17.2 Å². The average molecular weight is 219 g/mol. The standard InChI is InChI=1S/C11H13N3O2/c1-7-6-13(3)11(16)14-9(4-8(2)15)5-12-10(7)14/h5-6H,4H2,1-3H3. The highest BCUT2D eigenvalue weighted by Gasteiger charge is 2.11. The van der Waals surface area contributed by atoms with Crippen LogP contribution in [0, 0.1) is 6.92 Å². The van der Waals surface area contributed by atoms with E-state index in [9.17, 15) is 9.59 Å². The molecule has 0 fully saturated rings. The van der Waals surface area contributed by atoms with E-state index in [2.05, 4.69) is 4.98 Å². The summed E-state index contributed by atoms with van der Waals surface area (Å²) in [6.45, 7) is 3.39. The van der Waals surface area contributed by atoms with Gasteiger partial charge in [0.2, 0.25) is 0 Å². The van der Waals surface area contributed by atoms with Crippen molar-refractivity contribution in [3.05, 3.63) is 34.1 Å². The number of hydrogen-bond acceptors (Lipinski definition) is 3. The first-order chi connectivity index (χ1) is 7.50. The molecule has 2 aromatic heterocycles. The minimum Gasteiger partial charge on any atom is -0.303 e. The van der Waals surface area contributed by atoms with Crippen LogP contribution in [0.25, 0.3) is 5.65 Å². The van der Waals surface area contributed by atoms with Crippen LogP contribution < -0.4 is 5.69 Å². The van der Waals surface area contributed by atoms with Gasteiger partial charge in [0.05, 0.1) is 5.69 Å². The van der Waals surface area contributed by atoms with Crippen LogP contribution in [0.4, 0.5) is 0 Å². The van der Waals surface area contributed by atoms with E-state index in [4.69, 9.17) is 0 Å². The van der Waals surface area contributed by atoms with E-state index < -0.39 is 0 Å². The summed E-state index contributed by atoms with van der Waals surface area (Å²) in [4.78, 5) is 27.2. The zero-order valence-corrected chi connectivity index (χ0v) is 9.52. The molecule has 0 spiro atoms. The summed E-state index contributed by atoms with van der Waals surface area (Å²) in [7, 11) is 1.69. The third-order valence-corrected chi connectivity index (χ3v) is 2.50. The monoisotopic (exact) mass is 219 g/mol. The molecule has 0 saturated heterocycles. The summed E-state index contributed by atoms with van der Waals surface area (Å²) in [6, 6.07) is 0. The first kappa shape index (κ1) is 10.6. The molecular weight excluding hydrogens is 206 g/mol. The van der Waals surface area contributed by atoms with Crippen molar-refractivity contribution in [3.8, 4) is 0 Å². The molecule has 2 heterocycles. The van der Waals surface area contributed by atoms with Gasteiger partial charge in [-0.25, -0.2) is 14.2 Å². The van der Waals surface area contributed by atoms with E-state index in [0.29, 0.717) is 11.3 Å². The lowest BCUT2D eigenvalue weighted by Crippen LogP contribution is -2.26. The molecule has 0 amide bonds. The predicted octanol–water partition coefficient (Wildman–Crippen LogP) is 0.473. The van der Waals surface area contributed by atoms with Gasteiger partial charge in [-0.15, -0.1) is 0 Å². The van der Waals surface area contributed by atoms with Gasteiger partial charge in [-0.3, -0.25) is 4.79 Å². The SMILES string of the molecule is CC(=O)Cc1cnc2c(C)cn(C)c(=O)n12. The Kier molecular flexibility index (Phi) is 2.38. The lowest BCUT2D eigenvalue weighted by Gasteiger charge is -2.04. The second-order valence-electron chi connectivity index (χ2n) is 3.99. The summed E-state index contributed by atoms with van der Waals surface area (Å²) in [6.07, 6.45) is 3.56. The lowest BCUT2D eigenvalue weighted by atomic mass is 10.2. The van der Waals surface area contributed by atoms with Gasteiger partial charge < -0.3 is 4.57 Å². The molecule has 5 heteroatoms. The molecule has 2 rings (SSSR count). The van der Waals surface area contributed by atoms with Crippen molar-refractivity contribution in [1.82, 2.24) is 14.0 Å². The molecule has 0 bridgehead atoms. The Balaban J connectivity index is 2.79. The Hall–Kier alpha value is -1.91. The molecule has 5 nitrogen and oxygen atoms in total. The Labute approximate surface area is 92.3 Å². The number of Topliss-reactive ketones (excluding diaryl/α,β-unsaturated/α-hetero) is 1. The molecule has 0 aliphatic heterocycles. The van der Waals surface area contributed by atoms with E-state index >= 15 is 0 Å². The molecule has 0 aliphatic carbocycles. The van der Waals surface area contributed by atoms with Gasteiger partial charge in [-0.2, -0.15) is 0 Å². The Morgan fingerprint density at radius 3 is 2.81 bits per heavy atom. The Morgan fingerprint density at radius 2 is 2.19 bits per heavy atom. The van der Waals surface area contributed by atoms with E-state index in [1.54, 1.807) is 19.4 Å². The second kappa shape index (κ2) is 3.59. The lowest BCUT2D eigenvalue weighted by molar-refractivity contribution is -0.116. The number of hydrogen-bond donors (Lipinski definition) is 0. The number of imidazole rings is 1. The topological polar surface area (TPSA) is 56.4 Å². The molecule has 0 aliphatic rings. The van der Waals surface area contributed by atoms with Crippen LogP contribution in [-0.2, 0) is 18.3 Å². The van der Waals surface area contributed by atoms with Crippen LogP contribution in [0.2, 0.25) is 0 Å². The number of fused-ring (bicyclic) bond motifs is 1. The average Bonchev–Trinajstić information content (AvgIpc) is 2.58. The van der Waals surface area contributed by atoms with Gasteiger partial charge in [0.1, 0.15) is 11.4 Å². The predicted molar refractivity (Wildman–Crippen MR) is 59.6 cm³/mol. The van der Waals surface area contributed by atoms with Crippen molar-refractivity contribution in [2.24, 2.45) is 7.05 Å². The van der Waals surface area contributed by atoms with Crippen LogP contribution in [0.3, 0.4) is 0 Å². The minimum atomic E-state index is -0.172. The smallest absolute Gasteiger partial charge is 0.303 e. The van der Waals surface area contributed by atoms with Gasteiger partial charge in [-0.1, -0.05) is 0 Å². The largest absolute Gasteiger partial charge is 0.333 e. The molecular formula is C11H13N3O2. The maximum absolute atomic E-state index is 11.9. The molecule has 2 aromatic rings. The fourth-order valence-corrected chi connectivity index (χ4v) is 1.82. The minimum absolute atomic E-state index is 0.0189. The van der Waals surface area contributed by atoms with E-state index in [-0.39, 0.29) is 17.9 Å². The third kappa shape index (κ3) is 1.54. The van der Waals surface area contributed by atoms with Crippen molar-refractivity contribution in [1.29, 1.82) is 0 Å². The zero-order chi connectivity index (χ0) is 11.9. The summed E-state index contributed by atoms with van der Waals surface area (Å²) >= 11 is 0. The fourth-order valence-electron chi connectivity index (χ4n) is 1.82. The summed E-state index contributed by atoms with van der Waals surface area (Å²) in [5.41, 5.74) is 2.01. The molecule has 0 aromatic carbocycles. The molecule has 0 radical (unpaired) electrons. The van der Waals surface area contributed by atoms with Crippen molar-refractivity contribution in [2.45, 2.75) is 20.3 Å². The van der Waals surface area contributed by atoms with Gasteiger partial charge in [-0.05, 0) is 13.8 Å². The van der Waals surface area contributed by atoms with Crippen molar-refractivity contribution in [3.63, 3.8) is 0 Å². The molecule has 16 heavy (non-hydrogen) atoms. The highest BCUT2D eigenvalue weighted by atomic mass is 16.1. The number of aromatic nitrogens is 3. The summed E-state index contributed by atoms with van der Waals surface area (Å²) in [5.74, 6) is 0.0189. The molecule has 0 N–H and O–H groups in total. The van der Waals surface area contributed by atoms with E-state index in [0.717, 1.165) is 5.56 Å². The zero-order valence-electron chi connectivity index (χ0n) is 9.52. The van der Waals surface area contributed by atoms with Gasteiger partial charge in [0.25, 0.3) is 0 Å². The molecule has 84 valence electrons. The van der Waals surface area contributed by atoms with Crippen molar-refractivity contribution >= 4 is 11.4 Å². The molecule has 0 atom stereocenters. The first-order valence-electron chi connectivity index (χ1n) is 5.02. The molecule has 0 saturated carbocycles. The number of aryl methyl sites for hydroxylation is 2. The number of carbonyl (C=O) groups is 1. The summed E-state index contributed by atoms with van der Waals surface area (Å²) < 4.78 is 2.99. The molecule has 0 unspecified atom stereocenters. The van der Waals surface area contributed by atoms with Crippen molar-refractivity contribution < 1.29 is 4.79 Å². The maximum atomic E-state index is 11.9. The first-order valence-corrected chi connectivity index (χ1v) is 5.02. The van der Waals surface area contributed by atoms with Gasteiger partial charge in [0.15, 0.2) is 0 Å². The van der Waals surface area contributed by atoms with Crippen LogP contribution in [0.5, 0.6) is 0 Å². The van der Waals surface area contributed by atoms with Gasteiger partial charge >= 0.3 is 5.69 Å². The highest BCUT2D eigenvalue weighted by molar-refractivity contribution is 5.78. The Morgan fingerprint density at radius 1 is 1.50 bits per heavy atom. The summed E-state index contributed by atoms with van der Waals surface area (Å²) in [5, 5.41) is 0. The van der Waals surface area contributed by atoms with Crippen molar-refractivity contribution in [2.75, 3.05) is 0 Å². The third-order valence-electron chi connectivity index (χ3n) is 2.50. The normalized spacial score (nSPS) is 10.9. The quantitative estimate of drug-likeness (QED) is 0.738. The van der Waals surface area contributed by atoms with Crippen LogP contribution in [0.1, 0.15) is 18.2 Å². The van der Waals surface area contributed by atoms with Crippen LogP contribution >= 0.6 is 0 Å². The van der Waals surface area contributed by atoms with E-state index in [1.807, 2.05) is 6.92 Å². The number of rotatable bonds is 2. The highest BCUT2D eigenvalue weighted by Crippen LogP contribution is 2.08. The second-order valence-corrected chi connectivity index (χ2v) is 3.99. The fraction of sp³-hybridized carbons (Fsp3) is 0.364. The number of nitrogens with zero attached hydrogens (tertiary/aromatic N) is 3. The Bertz CT molecular complexity index is 622.